The number of carbonyl (C=O) groups is 2. The summed E-state index contributed by atoms with van der Waals surface area (Å²) in [6.45, 7) is 3.33. The molecule has 0 bridgehead atoms. The summed E-state index contributed by atoms with van der Waals surface area (Å²) in [6, 6.07) is 19.6. The first kappa shape index (κ1) is 19.2. The van der Waals surface area contributed by atoms with Crippen LogP contribution in [0.15, 0.2) is 60.7 Å². The van der Waals surface area contributed by atoms with Gasteiger partial charge in [0.1, 0.15) is 6.04 Å². The van der Waals surface area contributed by atoms with Crippen LogP contribution in [0, 0.1) is 5.92 Å². The summed E-state index contributed by atoms with van der Waals surface area (Å²) in [4.78, 5) is 26.7. The lowest BCUT2D eigenvalue weighted by Gasteiger charge is -2.33. The molecule has 2 amide bonds. The van der Waals surface area contributed by atoms with Gasteiger partial charge in [-0.15, -0.1) is 0 Å². The van der Waals surface area contributed by atoms with Gasteiger partial charge >= 0.3 is 0 Å². The molecule has 1 fully saturated rings. The summed E-state index contributed by atoms with van der Waals surface area (Å²) in [5.74, 6) is 0.537. The molecule has 2 aromatic carbocycles. The average molecular weight is 364 g/mol. The number of likely N-dealkylation sites (tertiary alicyclic amines) is 1. The van der Waals surface area contributed by atoms with E-state index in [9.17, 15) is 9.59 Å². The van der Waals surface area contributed by atoms with E-state index in [0.717, 1.165) is 37.9 Å². The molecule has 1 aliphatic heterocycles. The monoisotopic (exact) mass is 364 g/mol. The fraction of sp³-hybridized carbons (Fsp3) is 0.391. The van der Waals surface area contributed by atoms with Crippen LogP contribution in [0.1, 0.15) is 30.9 Å². The zero-order valence-corrected chi connectivity index (χ0v) is 15.9. The number of rotatable bonds is 6. The maximum absolute atomic E-state index is 12.7. The molecule has 0 saturated carbocycles. The predicted octanol–water partition coefficient (Wildman–Crippen LogP) is 3.22. The molecule has 1 heterocycles. The van der Waals surface area contributed by atoms with E-state index in [1.165, 1.54) is 5.56 Å². The van der Waals surface area contributed by atoms with Crippen molar-refractivity contribution in [3.8, 4) is 0 Å². The van der Waals surface area contributed by atoms with Crippen molar-refractivity contribution in [1.82, 2.24) is 10.2 Å². The maximum Gasteiger partial charge on any atom is 0.244 e. The SMILES string of the molecule is C[C@@H](NC(=O)Cc1ccccc1)C(=O)N1CCC(Cc2ccccc2)CC1. The van der Waals surface area contributed by atoms with Crippen LogP contribution >= 0.6 is 0 Å². The van der Waals surface area contributed by atoms with Crippen LogP contribution in [0.4, 0.5) is 0 Å². The average Bonchev–Trinajstić information content (AvgIpc) is 2.69. The molecule has 4 nitrogen and oxygen atoms in total. The van der Waals surface area contributed by atoms with E-state index in [2.05, 4.69) is 29.6 Å². The van der Waals surface area contributed by atoms with Gasteiger partial charge in [0.15, 0.2) is 0 Å². The highest BCUT2D eigenvalue weighted by molar-refractivity contribution is 5.88. The van der Waals surface area contributed by atoms with Gasteiger partial charge in [0.2, 0.25) is 11.8 Å². The van der Waals surface area contributed by atoms with Gasteiger partial charge in [-0.25, -0.2) is 0 Å². The first-order chi connectivity index (χ1) is 13.1. The number of amides is 2. The molecule has 0 aliphatic carbocycles. The van der Waals surface area contributed by atoms with E-state index < -0.39 is 6.04 Å². The lowest BCUT2D eigenvalue weighted by Crippen LogP contribution is -2.49. The molecule has 1 aliphatic rings. The molecule has 0 unspecified atom stereocenters. The van der Waals surface area contributed by atoms with E-state index in [1.54, 1.807) is 6.92 Å². The topological polar surface area (TPSA) is 49.4 Å². The molecule has 1 saturated heterocycles. The van der Waals surface area contributed by atoms with Crippen molar-refractivity contribution in [3.63, 3.8) is 0 Å². The van der Waals surface area contributed by atoms with Gasteiger partial charge in [-0.05, 0) is 43.2 Å². The second-order valence-electron chi connectivity index (χ2n) is 7.41. The lowest BCUT2D eigenvalue weighted by atomic mass is 9.90. The van der Waals surface area contributed by atoms with Crippen molar-refractivity contribution in [1.29, 1.82) is 0 Å². The molecular formula is C23H28N2O2. The van der Waals surface area contributed by atoms with Crippen LogP contribution in [-0.4, -0.2) is 35.8 Å². The van der Waals surface area contributed by atoms with Gasteiger partial charge in [0.25, 0.3) is 0 Å². The molecule has 0 spiro atoms. The number of hydrogen-bond donors (Lipinski definition) is 1. The first-order valence-corrected chi connectivity index (χ1v) is 9.78. The van der Waals surface area contributed by atoms with Crippen LogP contribution in [0.5, 0.6) is 0 Å². The molecule has 142 valence electrons. The summed E-state index contributed by atoms with van der Waals surface area (Å²) >= 11 is 0. The molecule has 3 rings (SSSR count). The second-order valence-corrected chi connectivity index (χ2v) is 7.41. The van der Waals surface area contributed by atoms with E-state index in [0.29, 0.717) is 12.3 Å². The largest absolute Gasteiger partial charge is 0.344 e. The number of benzene rings is 2. The molecule has 2 aromatic rings. The first-order valence-electron chi connectivity index (χ1n) is 9.78. The molecule has 1 N–H and O–H groups in total. The summed E-state index contributed by atoms with van der Waals surface area (Å²) in [5, 5.41) is 2.85. The van der Waals surface area contributed by atoms with Crippen molar-refractivity contribution < 1.29 is 9.59 Å². The zero-order valence-electron chi connectivity index (χ0n) is 15.9. The van der Waals surface area contributed by atoms with Crippen molar-refractivity contribution in [2.24, 2.45) is 5.92 Å². The minimum atomic E-state index is -0.480. The van der Waals surface area contributed by atoms with Crippen molar-refractivity contribution in [2.45, 2.75) is 38.6 Å². The standard InChI is InChI=1S/C23H28N2O2/c1-18(24-22(26)17-20-10-6-3-7-11-20)23(27)25-14-12-21(13-15-25)16-19-8-4-2-5-9-19/h2-11,18,21H,12-17H2,1H3,(H,24,26)/t18-/m1/s1. The second kappa shape index (κ2) is 9.36. The Morgan fingerprint density at radius 3 is 2.11 bits per heavy atom. The summed E-state index contributed by atoms with van der Waals surface area (Å²) < 4.78 is 0. The summed E-state index contributed by atoms with van der Waals surface area (Å²) in [5.41, 5.74) is 2.32. The van der Waals surface area contributed by atoms with E-state index >= 15 is 0 Å². The van der Waals surface area contributed by atoms with E-state index in [1.807, 2.05) is 41.3 Å². The number of hydrogen-bond acceptors (Lipinski definition) is 2. The quantitative estimate of drug-likeness (QED) is 0.856. The van der Waals surface area contributed by atoms with Crippen LogP contribution < -0.4 is 5.32 Å². The van der Waals surface area contributed by atoms with Gasteiger partial charge in [-0.3, -0.25) is 9.59 Å². The van der Waals surface area contributed by atoms with Gasteiger partial charge in [0.05, 0.1) is 6.42 Å². The molecule has 4 heteroatoms. The minimum absolute atomic E-state index is 0.0228. The normalized spacial score (nSPS) is 16.0. The van der Waals surface area contributed by atoms with Crippen LogP contribution in [0.3, 0.4) is 0 Å². The maximum atomic E-state index is 12.7. The molecule has 1 atom stereocenters. The predicted molar refractivity (Wildman–Crippen MR) is 107 cm³/mol. The van der Waals surface area contributed by atoms with Crippen LogP contribution in [-0.2, 0) is 22.4 Å². The third-order valence-electron chi connectivity index (χ3n) is 5.25. The molecule has 27 heavy (non-hydrogen) atoms. The highest BCUT2D eigenvalue weighted by Crippen LogP contribution is 2.22. The fourth-order valence-corrected chi connectivity index (χ4v) is 3.71. The Morgan fingerprint density at radius 2 is 1.52 bits per heavy atom. The molecule has 0 aromatic heterocycles. The Labute approximate surface area is 161 Å². The number of carbonyl (C=O) groups excluding carboxylic acids is 2. The lowest BCUT2D eigenvalue weighted by molar-refractivity contribution is -0.137. The minimum Gasteiger partial charge on any atom is -0.344 e. The number of nitrogens with one attached hydrogen (secondary N) is 1. The smallest absolute Gasteiger partial charge is 0.244 e. The highest BCUT2D eigenvalue weighted by atomic mass is 16.2. The Hall–Kier alpha value is -2.62. The zero-order chi connectivity index (χ0) is 19.1. The van der Waals surface area contributed by atoms with Gasteiger partial charge in [0, 0.05) is 13.1 Å². The Morgan fingerprint density at radius 1 is 0.963 bits per heavy atom. The molecular weight excluding hydrogens is 336 g/mol. The third kappa shape index (κ3) is 5.68. The van der Waals surface area contributed by atoms with Gasteiger partial charge in [-0.2, -0.15) is 0 Å². The van der Waals surface area contributed by atoms with Crippen molar-refractivity contribution >= 4 is 11.8 Å². The van der Waals surface area contributed by atoms with Gasteiger partial charge < -0.3 is 10.2 Å². The molecule has 0 radical (unpaired) electrons. The third-order valence-corrected chi connectivity index (χ3v) is 5.25. The van der Waals surface area contributed by atoms with E-state index in [-0.39, 0.29) is 11.8 Å². The van der Waals surface area contributed by atoms with E-state index in [4.69, 9.17) is 0 Å². The number of piperidine rings is 1. The van der Waals surface area contributed by atoms with Crippen LogP contribution in [0.25, 0.3) is 0 Å². The Bertz CT molecular complexity index is 737. The van der Waals surface area contributed by atoms with Crippen LogP contribution in [0.2, 0.25) is 0 Å². The van der Waals surface area contributed by atoms with Crippen molar-refractivity contribution in [3.05, 3.63) is 71.8 Å². The van der Waals surface area contributed by atoms with Crippen molar-refractivity contribution in [2.75, 3.05) is 13.1 Å². The van der Waals surface area contributed by atoms with Gasteiger partial charge in [-0.1, -0.05) is 60.7 Å². The Kier molecular flexibility index (Phi) is 6.64. The highest BCUT2D eigenvalue weighted by Gasteiger charge is 2.26. The fourth-order valence-electron chi connectivity index (χ4n) is 3.71. The number of nitrogens with zero attached hydrogens (tertiary/aromatic N) is 1. The summed E-state index contributed by atoms with van der Waals surface area (Å²) in [7, 11) is 0. The summed E-state index contributed by atoms with van der Waals surface area (Å²) in [6.07, 6.45) is 3.42. The Balaban J connectivity index is 1.43.